The Balaban J connectivity index is 2.55. The van der Waals surface area contributed by atoms with Crippen LogP contribution in [0.15, 0.2) is 5.16 Å². The number of rotatable bonds is 3. The first-order valence-corrected chi connectivity index (χ1v) is 4.96. The van der Waals surface area contributed by atoms with Gasteiger partial charge in [-0.05, 0) is 20.8 Å². The molecule has 1 aliphatic rings. The van der Waals surface area contributed by atoms with E-state index in [1.807, 2.05) is 20.8 Å². The standard InChI is InChI=1S/C10H19NO3/c1-7(2)11-14-10-8(3)13-6-5-9(10)12-4/h8-10H,5-6H2,1-4H3/t8-,9-,10?/m0/s1. The van der Waals surface area contributed by atoms with Gasteiger partial charge in [0, 0.05) is 20.1 Å². The number of hydrogen-bond acceptors (Lipinski definition) is 4. The molecule has 0 bridgehead atoms. The van der Waals surface area contributed by atoms with Crippen LogP contribution in [0.4, 0.5) is 0 Å². The highest BCUT2D eigenvalue weighted by Crippen LogP contribution is 2.20. The normalized spacial score (nSPS) is 32.4. The lowest BCUT2D eigenvalue weighted by atomic mass is 10.0. The van der Waals surface area contributed by atoms with Crippen molar-refractivity contribution in [2.75, 3.05) is 13.7 Å². The van der Waals surface area contributed by atoms with Gasteiger partial charge in [0.2, 0.25) is 0 Å². The second-order valence-electron chi connectivity index (χ2n) is 3.75. The van der Waals surface area contributed by atoms with Crippen LogP contribution in [0.25, 0.3) is 0 Å². The SMILES string of the molecule is CO[C@H]1CCO[C@@H](C)C1ON=C(C)C. The minimum absolute atomic E-state index is 0.0387. The average Bonchev–Trinajstić information content (AvgIpc) is 2.15. The zero-order valence-corrected chi connectivity index (χ0v) is 9.32. The van der Waals surface area contributed by atoms with Gasteiger partial charge in [-0.3, -0.25) is 0 Å². The highest BCUT2D eigenvalue weighted by atomic mass is 16.7. The molecular formula is C10H19NO3. The minimum Gasteiger partial charge on any atom is -0.387 e. The maximum Gasteiger partial charge on any atom is 0.179 e. The van der Waals surface area contributed by atoms with Crippen LogP contribution < -0.4 is 0 Å². The third kappa shape index (κ3) is 2.96. The molecule has 0 aromatic carbocycles. The molecule has 4 heteroatoms. The maximum absolute atomic E-state index is 5.48. The first-order valence-electron chi connectivity index (χ1n) is 4.96. The second-order valence-corrected chi connectivity index (χ2v) is 3.75. The van der Waals surface area contributed by atoms with Crippen molar-refractivity contribution < 1.29 is 14.3 Å². The van der Waals surface area contributed by atoms with Gasteiger partial charge in [0.1, 0.15) is 6.10 Å². The zero-order valence-electron chi connectivity index (χ0n) is 9.32. The van der Waals surface area contributed by atoms with E-state index in [-0.39, 0.29) is 18.3 Å². The van der Waals surface area contributed by atoms with Crippen molar-refractivity contribution in [1.29, 1.82) is 0 Å². The van der Waals surface area contributed by atoms with Crippen molar-refractivity contribution >= 4 is 5.71 Å². The molecule has 14 heavy (non-hydrogen) atoms. The van der Waals surface area contributed by atoms with Crippen molar-refractivity contribution in [1.82, 2.24) is 0 Å². The summed E-state index contributed by atoms with van der Waals surface area (Å²) < 4.78 is 10.8. The topological polar surface area (TPSA) is 40.0 Å². The molecule has 1 rings (SSSR count). The van der Waals surface area contributed by atoms with E-state index >= 15 is 0 Å². The highest BCUT2D eigenvalue weighted by molar-refractivity contribution is 5.78. The fraction of sp³-hybridized carbons (Fsp3) is 0.900. The van der Waals surface area contributed by atoms with Crippen LogP contribution in [0.5, 0.6) is 0 Å². The van der Waals surface area contributed by atoms with E-state index in [4.69, 9.17) is 14.3 Å². The van der Waals surface area contributed by atoms with Crippen LogP contribution in [0.1, 0.15) is 27.2 Å². The number of methoxy groups -OCH3 is 1. The Labute approximate surface area is 85.2 Å². The second kappa shape index (κ2) is 5.32. The molecule has 0 aromatic heterocycles. The Morgan fingerprint density at radius 2 is 2.14 bits per heavy atom. The molecule has 1 heterocycles. The average molecular weight is 201 g/mol. The molecule has 0 amide bonds. The van der Waals surface area contributed by atoms with E-state index in [9.17, 15) is 0 Å². The summed E-state index contributed by atoms with van der Waals surface area (Å²) in [4.78, 5) is 5.40. The monoisotopic (exact) mass is 201 g/mol. The van der Waals surface area contributed by atoms with Crippen LogP contribution in [-0.4, -0.2) is 37.7 Å². The van der Waals surface area contributed by atoms with Gasteiger partial charge in [-0.1, -0.05) is 5.16 Å². The molecule has 0 aliphatic carbocycles. The van der Waals surface area contributed by atoms with E-state index < -0.39 is 0 Å². The van der Waals surface area contributed by atoms with E-state index in [0.717, 1.165) is 18.7 Å². The molecule has 0 saturated carbocycles. The summed E-state index contributed by atoms with van der Waals surface area (Å²) in [5.41, 5.74) is 0.901. The Morgan fingerprint density at radius 1 is 1.43 bits per heavy atom. The van der Waals surface area contributed by atoms with Crippen molar-refractivity contribution in [2.45, 2.75) is 45.5 Å². The molecule has 3 atom stereocenters. The summed E-state index contributed by atoms with van der Waals surface area (Å²) in [5, 5.41) is 3.95. The van der Waals surface area contributed by atoms with E-state index in [2.05, 4.69) is 5.16 Å². The molecule has 82 valence electrons. The van der Waals surface area contributed by atoms with E-state index in [1.165, 1.54) is 0 Å². The lowest BCUT2D eigenvalue weighted by Crippen LogP contribution is -2.45. The molecule has 1 aliphatic heterocycles. The van der Waals surface area contributed by atoms with Crippen LogP contribution in [0, 0.1) is 0 Å². The Hall–Kier alpha value is -0.610. The predicted molar refractivity (Wildman–Crippen MR) is 54.5 cm³/mol. The number of nitrogens with zero attached hydrogens (tertiary/aromatic N) is 1. The van der Waals surface area contributed by atoms with Gasteiger partial charge < -0.3 is 14.3 Å². The third-order valence-corrected chi connectivity index (χ3v) is 2.27. The number of ether oxygens (including phenoxy) is 2. The van der Waals surface area contributed by atoms with Crippen LogP contribution in [0.3, 0.4) is 0 Å². The third-order valence-electron chi connectivity index (χ3n) is 2.27. The van der Waals surface area contributed by atoms with Crippen molar-refractivity contribution in [2.24, 2.45) is 5.16 Å². The molecule has 0 radical (unpaired) electrons. The molecule has 0 N–H and O–H groups in total. The molecule has 1 saturated heterocycles. The first kappa shape index (κ1) is 11.5. The van der Waals surface area contributed by atoms with Gasteiger partial charge in [-0.25, -0.2) is 0 Å². The summed E-state index contributed by atoms with van der Waals surface area (Å²) >= 11 is 0. The van der Waals surface area contributed by atoms with Crippen molar-refractivity contribution in [3.05, 3.63) is 0 Å². The molecule has 1 unspecified atom stereocenters. The minimum atomic E-state index is -0.0938. The molecule has 4 nitrogen and oxygen atoms in total. The molecule has 1 fully saturated rings. The Bertz CT molecular complexity index is 202. The Kier molecular flexibility index (Phi) is 4.35. The lowest BCUT2D eigenvalue weighted by Gasteiger charge is -2.33. The van der Waals surface area contributed by atoms with Gasteiger partial charge in [0.05, 0.1) is 11.8 Å². The van der Waals surface area contributed by atoms with Crippen LogP contribution in [0.2, 0.25) is 0 Å². The number of hydrogen-bond donors (Lipinski definition) is 0. The highest BCUT2D eigenvalue weighted by Gasteiger charge is 2.33. The predicted octanol–water partition coefficient (Wildman–Crippen LogP) is 1.59. The summed E-state index contributed by atoms with van der Waals surface area (Å²) in [7, 11) is 1.70. The number of oxime groups is 1. The van der Waals surface area contributed by atoms with Crippen LogP contribution >= 0.6 is 0 Å². The maximum atomic E-state index is 5.48. The van der Waals surface area contributed by atoms with E-state index in [1.54, 1.807) is 7.11 Å². The summed E-state index contributed by atoms with van der Waals surface area (Å²) in [6.45, 7) is 6.51. The smallest absolute Gasteiger partial charge is 0.179 e. The fourth-order valence-corrected chi connectivity index (χ4v) is 1.50. The van der Waals surface area contributed by atoms with E-state index in [0.29, 0.717) is 0 Å². The van der Waals surface area contributed by atoms with Gasteiger partial charge in [0.15, 0.2) is 6.10 Å². The summed E-state index contributed by atoms with van der Waals surface area (Å²) in [6, 6.07) is 0. The molecule has 0 aromatic rings. The van der Waals surface area contributed by atoms with Crippen molar-refractivity contribution in [3.8, 4) is 0 Å². The largest absolute Gasteiger partial charge is 0.387 e. The van der Waals surface area contributed by atoms with Gasteiger partial charge in [-0.15, -0.1) is 0 Å². The molecule has 0 spiro atoms. The first-order chi connectivity index (χ1) is 6.65. The van der Waals surface area contributed by atoms with Gasteiger partial charge >= 0.3 is 0 Å². The van der Waals surface area contributed by atoms with Crippen molar-refractivity contribution in [3.63, 3.8) is 0 Å². The fourth-order valence-electron chi connectivity index (χ4n) is 1.50. The lowest BCUT2D eigenvalue weighted by molar-refractivity contribution is -0.162. The zero-order chi connectivity index (χ0) is 10.6. The summed E-state index contributed by atoms with van der Waals surface area (Å²) in [6.07, 6.45) is 0.895. The molecular weight excluding hydrogens is 182 g/mol. The Morgan fingerprint density at radius 3 is 2.71 bits per heavy atom. The van der Waals surface area contributed by atoms with Crippen LogP contribution in [-0.2, 0) is 14.3 Å². The summed E-state index contributed by atoms with van der Waals surface area (Å²) in [5.74, 6) is 0. The van der Waals surface area contributed by atoms with Gasteiger partial charge in [0.25, 0.3) is 0 Å². The quantitative estimate of drug-likeness (QED) is 0.514. The van der Waals surface area contributed by atoms with Gasteiger partial charge in [-0.2, -0.15) is 0 Å².